The Bertz CT molecular complexity index is 91.7. The van der Waals surface area contributed by atoms with Crippen LogP contribution in [0.4, 0.5) is 0 Å². The molecule has 0 atom stereocenters. The third kappa shape index (κ3) is 2.62. The Balaban J connectivity index is 0.000000405. The maximum absolute atomic E-state index is 3.53. The lowest BCUT2D eigenvalue weighted by atomic mass is 10.2. The summed E-state index contributed by atoms with van der Waals surface area (Å²) < 4.78 is 0. The molecule has 62 valence electrons. The minimum Gasteiger partial charge on any atom is -0.314 e. The van der Waals surface area contributed by atoms with Gasteiger partial charge < -0.3 is 10.6 Å². The van der Waals surface area contributed by atoms with E-state index >= 15 is 0 Å². The van der Waals surface area contributed by atoms with Crippen molar-refractivity contribution in [1.29, 1.82) is 0 Å². The van der Waals surface area contributed by atoms with E-state index in [0.717, 1.165) is 12.1 Å². The van der Waals surface area contributed by atoms with E-state index in [4.69, 9.17) is 0 Å². The van der Waals surface area contributed by atoms with Crippen LogP contribution in [0, 0.1) is 0 Å². The molecular formula is C6H14Cl2N2. The van der Waals surface area contributed by atoms with Crippen molar-refractivity contribution in [2.45, 2.75) is 24.9 Å². The summed E-state index contributed by atoms with van der Waals surface area (Å²) in [5.74, 6) is 0. The summed E-state index contributed by atoms with van der Waals surface area (Å²) in [5, 5.41) is 6.76. The highest BCUT2D eigenvalue weighted by molar-refractivity contribution is 5.85. The summed E-state index contributed by atoms with van der Waals surface area (Å²) in [7, 11) is 0. The van der Waals surface area contributed by atoms with Crippen LogP contribution in [0.25, 0.3) is 0 Å². The molecule has 0 aromatic carbocycles. The average molecular weight is 185 g/mol. The molecular weight excluding hydrogens is 171 g/mol. The lowest BCUT2D eigenvalue weighted by Gasteiger charge is -2.27. The molecule has 2 N–H and O–H groups in total. The third-order valence-corrected chi connectivity index (χ3v) is 1.83. The molecule has 1 aliphatic heterocycles. The fourth-order valence-electron chi connectivity index (χ4n) is 0.990. The minimum absolute atomic E-state index is 0. The van der Waals surface area contributed by atoms with Gasteiger partial charge in [0.25, 0.3) is 0 Å². The molecule has 0 amide bonds. The van der Waals surface area contributed by atoms with Crippen molar-refractivity contribution in [3.63, 3.8) is 0 Å². The van der Waals surface area contributed by atoms with Gasteiger partial charge in [-0.3, -0.25) is 0 Å². The van der Waals surface area contributed by atoms with E-state index in [-0.39, 0.29) is 24.8 Å². The third-order valence-electron chi connectivity index (χ3n) is 1.83. The molecule has 2 nitrogen and oxygen atoms in total. The number of hydrogen-bond donors (Lipinski definition) is 2. The minimum atomic E-state index is 0. The fraction of sp³-hybridized carbons (Fsp3) is 1.00. The van der Waals surface area contributed by atoms with Crippen LogP contribution in [-0.2, 0) is 0 Å². The second-order valence-corrected chi connectivity index (χ2v) is 2.80. The normalized spacial score (nSPS) is 24.0. The zero-order valence-electron chi connectivity index (χ0n) is 5.80. The highest BCUT2D eigenvalue weighted by atomic mass is 35.5. The van der Waals surface area contributed by atoms with E-state index in [2.05, 4.69) is 10.6 Å². The molecule has 1 saturated carbocycles. The molecule has 0 spiro atoms. The van der Waals surface area contributed by atoms with Gasteiger partial charge in [0.15, 0.2) is 0 Å². The Kier molecular flexibility index (Phi) is 4.61. The van der Waals surface area contributed by atoms with Gasteiger partial charge in [-0.2, -0.15) is 0 Å². The highest BCUT2D eigenvalue weighted by Crippen LogP contribution is 2.19. The van der Waals surface area contributed by atoms with E-state index in [1.165, 1.54) is 25.9 Å². The van der Waals surface area contributed by atoms with E-state index in [1.54, 1.807) is 0 Å². The van der Waals surface area contributed by atoms with Crippen molar-refractivity contribution in [3.8, 4) is 0 Å². The summed E-state index contributed by atoms with van der Waals surface area (Å²) in [4.78, 5) is 0. The van der Waals surface area contributed by atoms with Gasteiger partial charge in [0, 0.05) is 25.2 Å². The van der Waals surface area contributed by atoms with Gasteiger partial charge in [0.2, 0.25) is 0 Å². The van der Waals surface area contributed by atoms with Crippen LogP contribution in [-0.4, -0.2) is 25.2 Å². The molecule has 0 radical (unpaired) electrons. The monoisotopic (exact) mass is 184 g/mol. The van der Waals surface area contributed by atoms with Crippen molar-refractivity contribution in [2.75, 3.05) is 13.1 Å². The van der Waals surface area contributed by atoms with Crippen molar-refractivity contribution in [1.82, 2.24) is 10.6 Å². The average Bonchev–Trinajstić information content (AvgIpc) is 2.36. The second-order valence-electron chi connectivity index (χ2n) is 2.80. The van der Waals surface area contributed by atoms with Gasteiger partial charge in [-0.15, -0.1) is 24.8 Å². The molecule has 1 heterocycles. The van der Waals surface area contributed by atoms with Crippen molar-refractivity contribution >= 4 is 24.8 Å². The van der Waals surface area contributed by atoms with Gasteiger partial charge >= 0.3 is 0 Å². The van der Waals surface area contributed by atoms with Crippen LogP contribution in [0.2, 0.25) is 0 Å². The fourth-order valence-corrected chi connectivity index (χ4v) is 0.990. The number of rotatable bonds is 2. The molecule has 2 fully saturated rings. The molecule has 0 bridgehead atoms. The maximum Gasteiger partial charge on any atom is 0.0319 e. The molecule has 0 unspecified atom stereocenters. The van der Waals surface area contributed by atoms with E-state index in [9.17, 15) is 0 Å². The Morgan fingerprint density at radius 3 is 1.90 bits per heavy atom. The molecule has 10 heavy (non-hydrogen) atoms. The van der Waals surface area contributed by atoms with Crippen molar-refractivity contribution in [3.05, 3.63) is 0 Å². The molecule has 2 rings (SSSR count). The first-order chi connectivity index (χ1) is 3.95. The highest BCUT2D eigenvalue weighted by Gasteiger charge is 2.26. The molecule has 1 saturated heterocycles. The largest absolute Gasteiger partial charge is 0.314 e. The molecule has 4 heteroatoms. The zero-order chi connectivity index (χ0) is 5.40. The summed E-state index contributed by atoms with van der Waals surface area (Å²) in [6, 6.07) is 1.70. The topological polar surface area (TPSA) is 24.1 Å². The van der Waals surface area contributed by atoms with Gasteiger partial charge in [-0.05, 0) is 12.8 Å². The van der Waals surface area contributed by atoms with Gasteiger partial charge in [0.05, 0.1) is 0 Å². The standard InChI is InChI=1S/C6H12N2.2ClH/c1-2-5(1)8-6-3-7-4-6;;/h5-8H,1-4H2;2*1H. The number of halogens is 2. The smallest absolute Gasteiger partial charge is 0.0319 e. The van der Waals surface area contributed by atoms with Crippen molar-refractivity contribution < 1.29 is 0 Å². The Labute approximate surface area is 74.0 Å². The lowest BCUT2D eigenvalue weighted by Crippen LogP contribution is -2.55. The van der Waals surface area contributed by atoms with E-state index < -0.39 is 0 Å². The number of hydrogen-bond acceptors (Lipinski definition) is 2. The van der Waals surface area contributed by atoms with Gasteiger partial charge in [0.1, 0.15) is 0 Å². The SMILES string of the molecule is C1CC1NC1CNC1.Cl.Cl. The van der Waals surface area contributed by atoms with Crippen molar-refractivity contribution in [2.24, 2.45) is 0 Å². The number of nitrogens with one attached hydrogen (secondary N) is 2. The van der Waals surface area contributed by atoms with Crippen LogP contribution in [0.5, 0.6) is 0 Å². The molecule has 0 aromatic rings. The Hall–Kier alpha value is 0.500. The first kappa shape index (κ1) is 10.5. The molecule has 1 aliphatic carbocycles. The second kappa shape index (κ2) is 4.39. The van der Waals surface area contributed by atoms with Crippen LogP contribution < -0.4 is 10.6 Å². The van der Waals surface area contributed by atoms with Crippen LogP contribution >= 0.6 is 24.8 Å². The predicted molar refractivity (Wildman–Crippen MR) is 47.3 cm³/mol. The van der Waals surface area contributed by atoms with E-state index in [0.29, 0.717) is 0 Å². The lowest BCUT2D eigenvalue weighted by molar-refractivity contribution is 0.364. The first-order valence-electron chi connectivity index (χ1n) is 3.42. The maximum atomic E-state index is 3.53. The van der Waals surface area contributed by atoms with Crippen LogP contribution in [0.3, 0.4) is 0 Å². The summed E-state index contributed by atoms with van der Waals surface area (Å²) >= 11 is 0. The summed E-state index contributed by atoms with van der Waals surface area (Å²) in [6.45, 7) is 2.38. The predicted octanol–water partition coefficient (Wildman–Crippen LogP) is 0.554. The van der Waals surface area contributed by atoms with E-state index in [1.807, 2.05) is 0 Å². The quantitative estimate of drug-likeness (QED) is 0.656. The molecule has 2 aliphatic rings. The molecule has 0 aromatic heterocycles. The van der Waals surface area contributed by atoms with Crippen LogP contribution in [0.1, 0.15) is 12.8 Å². The van der Waals surface area contributed by atoms with Crippen LogP contribution in [0.15, 0.2) is 0 Å². The van der Waals surface area contributed by atoms with Gasteiger partial charge in [-0.1, -0.05) is 0 Å². The summed E-state index contributed by atoms with van der Waals surface area (Å²) in [6.07, 6.45) is 2.83. The van der Waals surface area contributed by atoms with Gasteiger partial charge in [-0.25, -0.2) is 0 Å². The summed E-state index contributed by atoms with van der Waals surface area (Å²) in [5.41, 5.74) is 0. The Morgan fingerprint density at radius 1 is 1.00 bits per heavy atom. The first-order valence-corrected chi connectivity index (χ1v) is 3.42. The Morgan fingerprint density at radius 2 is 1.60 bits per heavy atom. The zero-order valence-corrected chi connectivity index (χ0v) is 7.43.